The fourth-order valence-electron chi connectivity index (χ4n) is 0.780. The highest BCUT2D eigenvalue weighted by Gasteiger charge is 1.88. The quantitative estimate of drug-likeness (QED) is 0.597. The molecule has 0 spiro atoms. The van der Waals surface area contributed by atoms with Crippen LogP contribution in [0.2, 0.25) is 0 Å². The van der Waals surface area contributed by atoms with Crippen molar-refractivity contribution in [1.82, 2.24) is 0 Å². The standard InChI is InChI=1S/C8H11NOS/c10-6-5-9-7-1-3-8(11)4-2-7/h1-4,9-11H,5-6H2. The Hall–Kier alpha value is -0.670. The van der Waals surface area contributed by atoms with E-state index in [-0.39, 0.29) is 6.61 Å². The maximum Gasteiger partial charge on any atom is 0.0604 e. The van der Waals surface area contributed by atoms with E-state index in [1.165, 1.54) is 0 Å². The number of hydrogen-bond acceptors (Lipinski definition) is 3. The van der Waals surface area contributed by atoms with Crippen molar-refractivity contribution in [3.05, 3.63) is 24.3 Å². The number of aliphatic hydroxyl groups is 1. The van der Waals surface area contributed by atoms with E-state index in [4.69, 9.17) is 5.11 Å². The van der Waals surface area contributed by atoms with E-state index >= 15 is 0 Å². The van der Waals surface area contributed by atoms with Crippen LogP contribution in [0.3, 0.4) is 0 Å². The van der Waals surface area contributed by atoms with E-state index in [9.17, 15) is 0 Å². The molecule has 0 saturated heterocycles. The van der Waals surface area contributed by atoms with Gasteiger partial charge in [-0.2, -0.15) is 0 Å². The van der Waals surface area contributed by atoms with Gasteiger partial charge in [-0.15, -0.1) is 12.6 Å². The van der Waals surface area contributed by atoms with Gasteiger partial charge in [0.25, 0.3) is 0 Å². The van der Waals surface area contributed by atoms with Gasteiger partial charge in [-0.25, -0.2) is 0 Å². The van der Waals surface area contributed by atoms with Crippen LogP contribution in [0.25, 0.3) is 0 Å². The van der Waals surface area contributed by atoms with Gasteiger partial charge in [-0.1, -0.05) is 0 Å². The monoisotopic (exact) mass is 169 g/mol. The second-order valence-corrected chi connectivity index (χ2v) is 2.71. The summed E-state index contributed by atoms with van der Waals surface area (Å²) in [5.41, 5.74) is 1.01. The Labute approximate surface area is 71.7 Å². The molecule has 0 saturated carbocycles. The fourth-order valence-corrected chi connectivity index (χ4v) is 0.929. The number of anilines is 1. The van der Waals surface area contributed by atoms with Crippen LogP contribution in [0.4, 0.5) is 5.69 Å². The largest absolute Gasteiger partial charge is 0.395 e. The van der Waals surface area contributed by atoms with Gasteiger partial charge < -0.3 is 10.4 Å². The molecule has 11 heavy (non-hydrogen) atoms. The molecular weight excluding hydrogens is 158 g/mol. The molecule has 0 radical (unpaired) electrons. The third-order valence-corrected chi connectivity index (χ3v) is 1.61. The average molecular weight is 169 g/mol. The molecule has 0 unspecified atom stereocenters. The summed E-state index contributed by atoms with van der Waals surface area (Å²) in [5, 5.41) is 11.5. The Morgan fingerprint density at radius 3 is 2.45 bits per heavy atom. The van der Waals surface area contributed by atoms with Gasteiger partial charge >= 0.3 is 0 Å². The van der Waals surface area contributed by atoms with Crippen LogP contribution in [0.5, 0.6) is 0 Å². The lowest BCUT2D eigenvalue weighted by Crippen LogP contribution is -2.04. The molecule has 0 aliphatic rings. The van der Waals surface area contributed by atoms with Crippen molar-refractivity contribution in [2.45, 2.75) is 4.90 Å². The lowest BCUT2D eigenvalue weighted by molar-refractivity contribution is 0.311. The number of hydrogen-bond donors (Lipinski definition) is 3. The molecule has 0 fully saturated rings. The Bertz CT molecular complexity index is 210. The molecule has 1 rings (SSSR count). The highest BCUT2D eigenvalue weighted by molar-refractivity contribution is 7.80. The third kappa shape index (κ3) is 2.82. The van der Waals surface area contributed by atoms with Crippen LogP contribution < -0.4 is 5.32 Å². The van der Waals surface area contributed by atoms with E-state index in [2.05, 4.69) is 17.9 Å². The molecule has 0 amide bonds. The van der Waals surface area contributed by atoms with Gasteiger partial charge in [-0.3, -0.25) is 0 Å². The summed E-state index contributed by atoms with van der Waals surface area (Å²) in [4.78, 5) is 0.944. The summed E-state index contributed by atoms with van der Waals surface area (Å²) in [6.07, 6.45) is 0. The van der Waals surface area contributed by atoms with Crippen LogP contribution in [0.1, 0.15) is 0 Å². The van der Waals surface area contributed by atoms with Crippen molar-refractivity contribution in [3.63, 3.8) is 0 Å². The first-order valence-electron chi connectivity index (χ1n) is 3.46. The first-order chi connectivity index (χ1) is 5.33. The summed E-state index contributed by atoms with van der Waals surface area (Å²) in [5.74, 6) is 0. The number of nitrogens with one attached hydrogen (secondary N) is 1. The molecular formula is C8H11NOS. The zero-order chi connectivity index (χ0) is 8.10. The summed E-state index contributed by atoms with van der Waals surface area (Å²) < 4.78 is 0. The zero-order valence-electron chi connectivity index (χ0n) is 6.12. The van der Waals surface area contributed by atoms with Crippen molar-refractivity contribution in [2.24, 2.45) is 0 Å². The van der Waals surface area contributed by atoms with Crippen molar-refractivity contribution in [3.8, 4) is 0 Å². The van der Waals surface area contributed by atoms with Crippen molar-refractivity contribution in [1.29, 1.82) is 0 Å². The van der Waals surface area contributed by atoms with E-state index in [0.29, 0.717) is 6.54 Å². The molecule has 1 aromatic carbocycles. The van der Waals surface area contributed by atoms with Crippen LogP contribution >= 0.6 is 12.6 Å². The van der Waals surface area contributed by atoms with Crippen LogP contribution in [-0.4, -0.2) is 18.3 Å². The molecule has 0 heterocycles. The minimum atomic E-state index is 0.155. The second kappa shape index (κ2) is 4.26. The summed E-state index contributed by atoms with van der Waals surface area (Å²) in [6, 6.07) is 7.67. The molecule has 0 bridgehead atoms. The number of thiol groups is 1. The SMILES string of the molecule is OCCNc1ccc(S)cc1. The highest BCUT2D eigenvalue weighted by Crippen LogP contribution is 2.11. The number of aliphatic hydroxyl groups excluding tert-OH is 1. The van der Waals surface area contributed by atoms with E-state index < -0.39 is 0 Å². The van der Waals surface area contributed by atoms with Crippen molar-refractivity contribution in [2.75, 3.05) is 18.5 Å². The molecule has 0 aliphatic heterocycles. The maximum absolute atomic E-state index is 8.50. The van der Waals surface area contributed by atoms with Crippen LogP contribution in [-0.2, 0) is 0 Å². The molecule has 1 aromatic rings. The topological polar surface area (TPSA) is 32.3 Å². The Kier molecular flexibility index (Phi) is 3.26. The van der Waals surface area contributed by atoms with E-state index in [1.54, 1.807) is 0 Å². The predicted molar refractivity (Wildman–Crippen MR) is 49.3 cm³/mol. The van der Waals surface area contributed by atoms with E-state index in [0.717, 1.165) is 10.6 Å². The summed E-state index contributed by atoms with van der Waals surface area (Å²) >= 11 is 4.15. The Balaban J connectivity index is 2.52. The third-order valence-electron chi connectivity index (χ3n) is 1.31. The molecule has 0 aliphatic carbocycles. The zero-order valence-corrected chi connectivity index (χ0v) is 7.01. The van der Waals surface area contributed by atoms with E-state index in [1.807, 2.05) is 24.3 Å². The van der Waals surface area contributed by atoms with Crippen LogP contribution in [0, 0.1) is 0 Å². The van der Waals surface area contributed by atoms with Crippen molar-refractivity contribution >= 4 is 18.3 Å². The first kappa shape index (κ1) is 8.43. The Morgan fingerprint density at radius 2 is 1.91 bits per heavy atom. The fraction of sp³-hybridized carbons (Fsp3) is 0.250. The number of benzene rings is 1. The predicted octanol–water partition coefficient (Wildman–Crippen LogP) is 1.38. The minimum absolute atomic E-state index is 0.155. The smallest absolute Gasteiger partial charge is 0.0604 e. The lowest BCUT2D eigenvalue weighted by atomic mass is 10.3. The van der Waals surface area contributed by atoms with Crippen molar-refractivity contribution < 1.29 is 5.11 Å². The molecule has 0 aromatic heterocycles. The van der Waals surface area contributed by atoms with Gasteiger partial charge in [0.1, 0.15) is 0 Å². The molecule has 2 nitrogen and oxygen atoms in total. The maximum atomic E-state index is 8.50. The summed E-state index contributed by atoms with van der Waals surface area (Å²) in [7, 11) is 0. The van der Waals surface area contributed by atoms with Gasteiger partial charge in [-0.05, 0) is 24.3 Å². The van der Waals surface area contributed by atoms with Gasteiger partial charge in [0.15, 0.2) is 0 Å². The van der Waals surface area contributed by atoms with Crippen LogP contribution in [0.15, 0.2) is 29.2 Å². The first-order valence-corrected chi connectivity index (χ1v) is 3.91. The lowest BCUT2D eigenvalue weighted by Gasteiger charge is -2.02. The summed E-state index contributed by atoms with van der Waals surface area (Å²) in [6.45, 7) is 0.745. The molecule has 60 valence electrons. The second-order valence-electron chi connectivity index (χ2n) is 2.20. The van der Waals surface area contributed by atoms with Gasteiger partial charge in [0, 0.05) is 17.1 Å². The highest BCUT2D eigenvalue weighted by atomic mass is 32.1. The molecule has 2 N–H and O–H groups in total. The minimum Gasteiger partial charge on any atom is -0.395 e. The van der Waals surface area contributed by atoms with Gasteiger partial charge in [0.05, 0.1) is 6.61 Å². The normalized spacial score (nSPS) is 9.64. The average Bonchev–Trinajstić information content (AvgIpc) is 2.04. The Morgan fingerprint density at radius 1 is 1.27 bits per heavy atom. The molecule has 3 heteroatoms. The number of rotatable bonds is 3. The van der Waals surface area contributed by atoms with Gasteiger partial charge in [0.2, 0.25) is 0 Å². The molecule has 0 atom stereocenters.